The van der Waals surface area contributed by atoms with E-state index >= 15 is 0 Å². The molecule has 6 heteroatoms. The molecule has 3 N–H and O–H groups in total. The van der Waals surface area contributed by atoms with Gasteiger partial charge in [0.15, 0.2) is 0 Å². The standard InChI is InChI=1S/C17H17N3O3/c1-9-5-14(21)19-10(2)16(9)17(23)18-8-11-3-4-13-12(6-11)7-15(22)20-13/h3-6H,7-8H2,1-2H3,(H,18,23)(H,19,21)(H,20,22). The number of hydrogen-bond donors (Lipinski definition) is 3. The number of carbonyl (C=O) groups is 2. The fraction of sp³-hybridized carbons (Fsp3) is 0.235. The summed E-state index contributed by atoms with van der Waals surface area (Å²) in [6.07, 6.45) is 0.370. The van der Waals surface area contributed by atoms with Gasteiger partial charge in [-0.05, 0) is 36.6 Å². The van der Waals surface area contributed by atoms with Crippen molar-refractivity contribution < 1.29 is 9.59 Å². The number of carbonyl (C=O) groups excluding carboxylic acids is 2. The highest BCUT2D eigenvalue weighted by Gasteiger charge is 2.18. The van der Waals surface area contributed by atoms with Gasteiger partial charge < -0.3 is 15.6 Å². The Morgan fingerprint density at radius 2 is 2.00 bits per heavy atom. The number of amides is 2. The van der Waals surface area contributed by atoms with Gasteiger partial charge in [-0.1, -0.05) is 12.1 Å². The van der Waals surface area contributed by atoms with Crippen LogP contribution in [-0.2, 0) is 17.8 Å². The molecule has 23 heavy (non-hydrogen) atoms. The van der Waals surface area contributed by atoms with E-state index in [9.17, 15) is 14.4 Å². The zero-order valence-corrected chi connectivity index (χ0v) is 12.9. The third-order valence-corrected chi connectivity index (χ3v) is 3.90. The number of aromatic nitrogens is 1. The lowest BCUT2D eigenvalue weighted by Crippen LogP contribution is -2.26. The predicted molar refractivity (Wildman–Crippen MR) is 86.5 cm³/mol. The summed E-state index contributed by atoms with van der Waals surface area (Å²) in [4.78, 5) is 37.7. The van der Waals surface area contributed by atoms with Crippen LogP contribution in [0.15, 0.2) is 29.1 Å². The molecule has 0 fully saturated rings. The van der Waals surface area contributed by atoms with E-state index in [1.807, 2.05) is 18.2 Å². The second-order valence-corrected chi connectivity index (χ2v) is 5.72. The molecule has 2 heterocycles. The van der Waals surface area contributed by atoms with Crippen molar-refractivity contribution in [1.82, 2.24) is 10.3 Å². The quantitative estimate of drug-likeness (QED) is 0.800. The van der Waals surface area contributed by atoms with Crippen molar-refractivity contribution in [2.45, 2.75) is 26.8 Å². The second kappa shape index (κ2) is 5.72. The highest BCUT2D eigenvalue weighted by Crippen LogP contribution is 2.23. The van der Waals surface area contributed by atoms with Gasteiger partial charge >= 0.3 is 0 Å². The summed E-state index contributed by atoms with van der Waals surface area (Å²) >= 11 is 0. The smallest absolute Gasteiger partial charge is 0.253 e. The molecular weight excluding hydrogens is 294 g/mol. The first-order chi connectivity index (χ1) is 10.9. The maximum absolute atomic E-state index is 12.4. The number of nitrogens with one attached hydrogen (secondary N) is 3. The first kappa shape index (κ1) is 15.0. The van der Waals surface area contributed by atoms with Gasteiger partial charge in [-0.25, -0.2) is 0 Å². The Morgan fingerprint density at radius 3 is 2.74 bits per heavy atom. The minimum atomic E-state index is -0.231. The number of benzene rings is 1. The lowest BCUT2D eigenvalue weighted by Gasteiger charge is -2.10. The van der Waals surface area contributed by atoms with E-state index in [0.29, 0.717) is 29.8 Å². The SMILES string of the molecule is Cc1cc(=O)[nH]c(C)c1C(=O)NCc1ccc2c(c1)CC(=O)N2. The molecule has 2 amide bonds. The Balaban J connectivity index is 1.74. The zero-order chi connectivity index (χ0) is 16.6. The van der Waals surface area contributed by atoms with E-state index in [1.165, 1.54) is 6.07 Å². The van der Waals surface area contributed by atoms with Gasteiger partial charge in [-0.15, -0.1) is 0 Å². The highest BCUT2D eigenvalue weighted by molar-refractivity contribution is 5.99. The largest absolute Gasteiger partial charge is 0.348 e. The second-order valence-electron chi connectivity index (χ2n) is 5.72. The first-order valence-corrected chi connectivity index (χ1v) is 7.34. The lowest BCUT2D eigenvalue weighted by atomic mass is 10.1. The van der Waals surface area contributed by atoms with Crippen LogP contribution in [0.4, 0.5) is 5.69 Å². The van der Waals surface area contributed by atoms with Crippen molar-refractivity contribution in [2.75, 3.05) is 5.32 Å². The molecule has 0 spiro atoms. The average Bonchev–Trinajstić information content (AvgIpc) is 2.83. The van der Waals surface area contributed by atoms with Crippen LogP contribution in [-0.4, -0.2) is 16.8 Å². The highest BCUT2D eigenvalue weighted by atomic mass is 16.2. The molecule has 3 rings (SSSR count). The predicted octanol–water partition coefficient (Wildman–Crippen LogP) is 1.42. The van der Waals surface area contributed by atoms with Gasteiger partial charge in [0.2, 0.25) is 11.5 Å². The van der Waals surface area contributed by atoms with E-state index in [-0.39, 0.29) is 17.4 Å². The molecule has 1 aromatic heterocycles. The van der Waals surface area contributed by atoms with Gasteiger partial charge in [-0.2, -0.15) is 0 Å². The van der Waals surface area contributed by atoms with Crippen LogP contribution < -0.4 is 16.2 Å². The van der Waals surface area contributed by atoms with Crippen molar-refractivity contribution in [3.05, 3.63) is 62.6 Å². The third-order valence-electron chi connectivity index (χ3n) is 3.90. The molecule has 0 aliphatic carbocycles. The number of anilines is 1. The molecule has 1 aliphatic rings. The van der Waals surface area contributed by atoms with Crippen LogP contribution in [0.5, 0.6) is 0 Å². The molecule has 0 unspecified atom stereocenters. The molecule has 2 aromatic rings. The van der Waals surface area contributed by atoms with Crippen molar-refractivity contribution in [2.24, 2.45) is 0 Å². The molecule has 1 aliphatic heterocycles. The van der Waals surface area contributed by atoms with Gasteiger partial charge in [0.1, 0.15) is 0 Å². The topological polar surface area (TPSA) is 91.1 Å². The first-order valence-electron chi connectivity index (χ1n) is 7.34. The monoisotopic (exact) mass is 311 g/mol. The Hall–Kier alpha value is -2.89. The van der Waals surface area contributed by atoms with Gasteiger partial charge in [0, 0.05) is 24.0 Å². The summed E-state index contributed by atoms with van der Waals surface area (Å²) in [5.41, 5.74) is 4.17. The average molecular weight is 311 g/mol. The summed E-state index contributed by atoms with van der Waals surface area (Å²) in [5.74, 6) is -0.244. The van der Waals surface area contributed by atoms with E-state index < -0.39 is 0 Å². The van der Waals surface area contributed by atoms with Crippen LogP contribution in [0, 0.1) is 13.8 Å². The third kappa shape index (κ3) is 3.01. The molecule has 6 nitrogen and oxygen atoms in total. The Bertz CT molecular complexity index is 842. The number of H-pyrrole nitrogens is 1. The molecule has 1 aromatic carbocycles. The maximum atomic E-state index is 12.4. The number of aromatic amines is 1. The molecule has 0 saturated carbocycles. The van der Waals surface area contributed by atoms with Gasteiger partial charge in [0.25, 0.3) is 5.91 Å². The number of hydrogen-bond acceptors (Lipinski definition) is 3. The van der Waals surface area contributed by atoms with Crippen LogP contribution in [0.25, 0.3) is 0 Å². The van der Waals surface area contributed by atoms with Crippen LogP contribution >= 0.6 is 0 Å². The summed E-state index contributed by atoms with van der Waals surface area (Å²) in [5, 5.41) is 5.63. The van der Waals surface area contributed by atoms with Crippen molar-refractivity contribution in [1.29, 1.82) is 0 Å². The van der Waals surface area contributed by atoms with Gasteiger partial charge in [-0.3, -0.25) is 14.4 Å². The Morgan fingerprint density at radius 1 is 1.22 bits per heavy atom. The van der Waals surface area contributed by atoms with E-state index in [4.69, 9.17) is 0 Å². The lowest BCUT2D eigenvalue weighted by molar-refractivity contribution is -0.115. The van der Waals surface area contributed by atoms with E-state index in [0.717, 1.165) is 16.8 Å². The van der Waals surface area contributed by atoms with Crippen molar-refractivity contribution >= 4 is 17.5 Å². The maximum Gasteiger partial charge on any atom is 0.253 e. The molecule has 0 bridgehead atoms. The summed E-state index contributed by atoms with van der Waals surface area (Å²) in [6.45, 7) is 3.80. The summed E-state index contributed by atoms with van der Waals surface area (Å²) < 4.78 is 0. The molecular formula is C17H17N3O3. The van der Waals surface area contributed by atoms with E-state index in [1.54, 1.807) is 13.8 Å². The van der Waals surface area contributed by atoms with Gasteiger partial charge in [0.05, 0.1) is 12.0 Å². The zero-order valence-electron chi connectivity index (χ0n) is 12.9. The minimum absolute atomic E-state index is 0.0133. The fourth-order valence-electron chi connectivity index (χ4n) is 2.86. The molecule has 0 atom stereocenters. The number of aryl methyl sites for hydroxylation is 2. The normalized spacial score (nSPS) is 12.7. The number of pyridine rings is 1. The molecule has 0 saturated heterocycles. The summed E-state index contributed by atoms with van der Waals surface area (Å²) in [7, 11) is 0. The minimum Gasteiger partial charge on any atom is -0.348 e. The van der Waals surface area contributed by atoms with Crippen LogP contribution in [0.1, 0.15) is 32.7 Å². The summed E-state index contributed by atoms with van der Waals surface area (Å²) in [6, 6.07) is 7.05. The Kier molecular flexibility index (Phi) is 3.73. The van der Waals surface area contributed by atoms with Crippen LogP contribution in [0.3, 0.4) is 0 Å². The Labute approximate surface area is 132 Å². The van der Waals surface area contributed by atoms with Crippen molar-refractivity contribution in [3.63, 3.8) is 0 Å². The van der Waals surface area contributed by atoms with Crippen LogP contribution in [0.2, 0.25) is 0 Å². The van der Waals surface area contributed by atoms with Crippen molar-refractivity contribution in [3.8, 4) is 0 Å². The molecule has 0 radical (unpaired) electrons. The fourth-order valence-corrected chi connectivity index (χ4v) is 2.86. The number of fused-ring (bicyclic) bond motifs is 1. The number of rotatable bonds is 3. The molecule has 118 valence electrons. The van der Waals surface area contributed by atoms with E-state index in [2.05, 4.69) is 15.6 Å².